The standard InChI is InChI=1S/C17H21N5O4.ClH/c1-25-16(23)11-26-14-4-2-3-12(9-14)19-17(24)15-10-22(21-20-15)13-5-7-18-8-6-13;/h2-4,9-10,13,18H,5-8,11H2,1H3,(H,19,24);1H. The molecular formula is C17H22ClN5O4. The first kappa shape index (κ1) is 20.7. The van der Waals surface area contributed by atoms with Crippen LogP contribution in [0.4, 0.5) is 5.69 Å². The number of amides is 1. The van der Waals surface area contributed by atoms with Crippen molar-refractivity contribution in [2.45, 2.75) is 18.9 Å². The molecule has 2 aromatic rings. The number of rotatable bonds is 6. The Labute approximate surface area is 162 Å². The number of methoxy groups -OCH3 is 1. The quantitative estimate of drug-likeness (QED) is 0.712. The molecule has 1 fully saturated rings. The number of hydrogen-bond donors (Lipinski definition) is 2. The Hall–Kier alpha value is -2.65. The number of ether oxygens (including phenoxy) is 2. The summed E-state index contributed by atoms with van der Waals surface area (Å²) in [5, 5.41) is 14.1. The van der Waals surface area contributed by atoms with Gasteiger partial charge in [0.15, 0.2) is 12.3 Å². The van der Waals surface area contributed by atoms with Crippen molar-refractivity contribution in [3.63, 3.8) is 0 Å². The molecule has 10 heteroatoms. The molecule has 3 rings (SSSR count). The largest absolute Gasteiger partial charge is 0.482 e. The average Bonchev–Trinajstić information content (AvgIpc) is 3.17. The van der Waals surface area contributed by atoms with E-state index in [1.807, 2.05) is 0 Å². The highest BCUT2D eigenvalue weighted by Gasteiger charge is 2.19. The molecule has 0 unspecified atom stereocenters. The van der Waals surface area contributed by atoms with Crippen LogP contribution in [0.5, 0.6) is 5.75 Å². The number of nitrogens with zero attached hydrogens (tertiary/aromatic N) is 3. The lowest BCUT2D eigenvalue weighted by Gasteiger charge is -2.22. The molecule has 0 saturated carbocycles. The SMILES string of the molecule is COC(=O)COc1cccc(NC(=O)c2cn(C3CCNCC3)nn2)c1.Cl. The number of benzene rings is 1. The highest BCUT2D eigenvalue weighted by Crippen LogP contribution is 2.19. The van der Waals surface area contributed by atoms with Gasteiger partial charge in [0.25, 0.3) is 5.91 Å². The summed E-state index contributed by atoms with van der Waals surface area (Å²) < 4.78 is 11.6. The number of aromatic nitrogens is 3. The van der Waals surface area contributed by atoms with Crippen molar-refractivity contribution in [3.05, 3.63) is 36.2 Å². The van der Waals surface area contributed by atoms with Crippen LogP contribution in [-0.4, -0.2) is 53.7 Å². The number of hydrogen-bond acceptors (Lipinski definition) is 7. The van der Waals surface area contributed by atoms with Gasteiger partial charge < -0.3 is 20.1 Å². The monoisotopic (exact) mass is 395 g/mol. The molecule has 0 atom stereocenters. The van der Waals surface area contributed by atoms with Crippen LogP contribution in [0.2, 0.25) is 0 Å². The minimum Gasteiger partial charge on any atom is -0.482 e. The normalized spacial score (nSPS) is 14.1. The maximum atomic E-state index is 12.4. The molecule has 1 aliphatic heterocycles. The lowest BCUT2D eigenvalue weighted by atomic mass is 10.1. The molecule has 1 aliphatic rings. The zero-order valence-electron chi connectivity index (χ0n) is 14.9. The third-order valence-electron chi connectivity index (χ3n) is 4.10. The zero-order valence-corrected chi connectivity index (χ0v) is 15.7. The second-order valence-electron chi connectivity index (χ2n) is 5.91. The maximum absolute atomic E-state index is 12.4. The summed E-state index contributed by atoms with van der Waals surface area (Å²) in [7, 11) is 1.29. The van der Waals surface area contributed by atoms with Gasteiger partial charge in [0.2, 0.25) is 0 Å². The van der Waals surface area contributed by atoms with E-state index in [9.17, 15) is 9.59 Å². The summed E-state index contributed by atoms with van der Waals surface area (Å²) in [4.78, 5) is 23.5. The van der Waals surface area contributed by atoms with Crippen LogP contribution in [0.1, 0.15) is 29.4 Å². The van der Waals surface area contributed by atoms with Crippen molar-refractivity contribution < 1.29 is 19.1 Å². The topological polar surface area (TPSA) is 107 Å². The summed E-state index contributed by atoms with van der Waals surface area (Å²) in [6.07, 6.45) is 3.59. The molecular weight excluding hydrogens is 374 g/mol. The van der Waals surface area contributed by atoms with Crippen molar-refractivity contribution in [2.24, 2.45) is 0 Å². The van der Waals surface area contributed by atoms with Gasteiger partial charge in [-0.05, 0) is 38.1 Å². The molecule has 0 aliphatic carbocycles. The lowest BCUT2D eigenvalue weighted by Crippen LogP contribution is -2.29. The van der Waals surface area contributed by atoms with Crippen LogP contribution >= 0.6 is 12.4 Å². The van der Waals surface area contributed by atoms with Gasteiger partial charge in [-0.1, -0.05) is 11.3 Å². The van der Waals surface area contributed by atoms with Gasteiger partial charge in [-0.15, -0.1) is 17.5 Å². The van der Waals surface area contributed by atoms with E-state index in [0.717, 1.165) is 25.9 Å². The maximum Gasteiger partial charge on any atom is 0.343 e. The minimum absolute atomic E-state index is 0. The Kier molecular flexibility index (Phi) is 7.56. The van der Waals surface area contributed by atoms with Crippen molar-refractivity contribution in [3.8, 4) is 5.75 Å². The van der Waals surface area contributed by atoms with E-state index in [4.69, 9.17) is 4.74 Å². The number of carbonyl (C=O) groups is 2. The summed E-state index contributed by atoms with van der Waals surface area (Å²) in [5.41, 5.74) is 0.790. The van der Waals surface area contributed by atoms with Crippen LogP contribution in [0, 0.1) is 0 Å². The van der Waals surface area contributed by atoms with Crippen molar-refractivity contribution in [2.75, 3.05) is 32.1 Å². The fourth-order valence-corrected chi connectivity index (χ4v) is 2.69. The fourth-order valence-electron chi connectivity index (χ4n) is 2.69. The van der Waals surface area contributed by atoms with Gasteiger partial charge >= 0.3 is 5.97 Å². The molecule has 2 heterocycles. The van der Waals surface area contributed by atoms with E-state index in [2.05, 4.69) is 25.7 Å². The van der Waals surface area contributed by atoms with Crippen LogP contribution < -0.4 is 15.4 Å². The van der Waals surface area contributed by atoms with E-state index in [0.29, 0.717) is 11.4 Å². The predicted octanol–water partition coefficient (Wildman–Crippen LogP) is 1.43. The van der Waals surface area contributed by atoms with Crippen LogP contribution in [0.15, 0.2) is 30.5 Å². The Morgan fingerprint density at radius 3 is 2.85 bits per heavy atom. The number of halogens is 1. The molecule has 0 radical (unpaired) electrons. The average molecular weight is 396 g/mol. The predicted molar refractivity (Wildman–Crippen MR) is 100 cm³/mol. The number of nitrogens with one attached hydrogen (secondary N) is 2. The first-order valence-electron chi connectivity index (χ1n) is 8.39. The second-order valence-corrected chi connectivity index (χ2v) is 5.91. The Morgan fingerprint density at radius 2 is 2.11 bits per heavy atom. The molecule has 27 heavy (non-hydrogen) atoms. The molecule has 0 spiro atoms. The number of anilines is 1. The number of carbonyl (C=O) groups excluding carboxylic acids is 2. The second kappa shape index (κ2) is 9.89. The highest BCUT2D eigenvalue weighted by molar-refractivity contribution is 6.02. The molecule has 1 amide bonds. The Bertz CT molecular complexity index is 776. The van der Waals surface area contributed by atoms with Gasteiger partial charge in [-0.25, -0.2) is 9.48 Å². The smallest absolute Gasteiger partial charge is 0.343 e. The zero-order chi connectivity index (χ0) is 18.4. The number of piperidine rings is 1. The lowest BCUT2D eigenvalue weighted by molar-refractivity contribution is -0.142. The molecule has 146 valence electrons. The van der Waals surface area contributed by atoms with Crippen molar-refractivity contribution in [1.82, 2.24) is 20.3 Å². The first-order chi connectivity index (χ1) is 12.7. The molecule has 1 aromatic heterocycles. The molecule has 0 bridgehead atoms. The van der Waals surface area contributed by atoms with Gasteiger partial charge in [0, 0.05) is 11.8 Å². The van der Waals surface area contributed by atoms with Gasteiger partial charge in [-0.2, -0.15) is 0 Å². The molecule has 2 N–H and O–H groups in total. The van der Waals surface area contributed by atoms with E-state index in [-0.39, 0.29) is 36.7 Å². The molecule has 9 nitrogen and oxygen atoms in total. The molecule has 1 saturated heterocycles. The number of esters is 1. The highest BCUT2D eigenvalue weighted by atomic mass is 35.5. The fraction of sp³-hybridized carbons (Fsp3) is 0.412. The Balaban J connectivity index is 0.00000261. The summed E-state index contributed by atoms with van der Waals surface area (Å²) >= 11 is 0. The van der Waals surface area contributed by atoms with Crippen LogP contribution in [0.3, 0.4) is 0 Å². The van der Waals surface area contributed by atoms with Crippen molar-refractivity contribution in [1.29, 1.82) is 0 Å². The van der Waals surface area contributed by atoms with E-state index < -0.39 is 5.97 Å². The first-order valence-corrected chi connectivity index (χ1v) is 8.39. The Morgan fingerprint density at radius 1 is 1.33 bits per heavy atom. The van der Waals surface area contributed by atoms with Crippen LogP contribution in [0.25, 0.3) is 0 Å². The van der Waals surface area contributed by atoms with E-state index in [1.165, 1.54) is 7.11 Å². The van der Waals surface area contributed by atoms with Crippen LogP contribution in [-0.2, 0) is 9.53 Å². The minimum atomic E-state index is -0.478. The van der Waals surface area contributed by atoms with E-state index >= 15 is 0 Å². The summed E-state index contributed by atoms with van der Waals surface area (Å²) in [6.45, 7) is 1.67. The van der Waals surface area contributed by atoms with Gasteiger partial charge in [-0.3, -0.25) is 4.79 Å². The molecule has 1 aromatic carbocycles. The van der Waals surface area contributed by atoms with Gasteiger partial charge in [0.1, 0.15) is 5.75 Å². The third-order valence-corrected chi connectivity index (χ3v) is 4.10. The third kappa shape index (κ3) is 5.66. The summed E-state index contributed by atoms with van der Waals surface area (Å²) in [6, 6.07) is 7.01. The van der Waals surface area contributed by atoms with E-state index in [1.54, 1.807) is 35.1 Å². The van der Waals surface area contributed by atoms with Gasteiger partial charge in [0.05, 0.1) is 19.3 Å². The summed E-state index contributed by atoms with van der Waals surface area (Å²) in [5.74, 6) is -0.379. The van der Waals surface area contributed by atoms with Crippen molar-refractivity contribution >= 4 is 30.0 Å².